The molecule has 2 N–H and O–H groups in total. The van der Waals surface area contributed by atoms with Crippen LogP contribution in [0.5, 0.6) is 0 Å². The Morgan fingerprint density at radius 2 is 1.44 bits per heavy atom. The van der Waals surface area contributed by atoms with Gasteiger partial charge in [0.25, 0.3) is 0 Å². The second-order valence-corrected chi connectivity index (χ2v) is 7.19. The second kappa shape index (κ2) is 7.67. The van der Waals surface area contributed by atoms with Gasteiger partial charge in [-0.25, -0.2) is 0 Å². The van der Waals surface area contributed by atoms with Crippen LogP contribution in [0, 0.1) is 0 Å². The lowest BCUT2D eigenvalue weighted by Gasteiger charge is -2.17. The summed E-state index contributed by atoms with van der Waals surface area (Å²) in [6, 6.07) is 28.8. The van der Waals surface area contributed by atoms with Gasteiger partial charge in [0.15, 0.2) is 0 Å². The smallest absolute Gasteiger partial charge is 0.239 e. The predicted octanol–water partition coefficient (Wildman–Crippen LogP) is 4.61. The fourth-order valence-corrected chi connectivity index (χ4v) is 3.52. The normalized spacial score (nSPS) is 14.4. The van der Waals surface area contributed by atoms with Gasteiger partial charge in [-0.15, -0.1) is 0 Å². The fraction of sp³-hybridized carbons (Fsp3) is 0.208. The largest absolute Gasteiger partial charge is 0.376 e. The van der Waals surface area contributed by atoms with E-state index in [4.69, 9.17) is 0 Å². The first kappa shape index (κ1) is 17.3. The summed E-state index contributed by atoms with van der Waals surface area (Å²) in [5, 5.41) is 6.41. The molecule has 0 unspecified atom stereocenters. The first-order valence-corrected chi connectivity index (χ1v) is 9.47. The number of anilines is 1. The zero-order chi connectivity index (χ0) is 18.5. The third-order valence-corrected chi connectivity index (χ3v) is 5.31. The highest BCUT2D eigenvalue weighted by molar-refractivity contribution is 5.84. The van der Waals surface area contributed by atoms with E-state index in [1.807, 2.05) is 42.5 Å². The van der Waals surface area contributed by atoms with Gasteiger partial charge in [0, 0.05) is 23.2 Å². The van der Waals surface area contributed by atoms with Gasteiger partial charge in [-0.05, 0) is 30.0 Å². The van der Waals surface area contributed by atoms with Crippen LogP contribution >= 0.6 is 0 Å². The molecule has 3 aromatic rings. The van der Waals surface area contributed by atoms with Crippen LogP contribution < -0.4 is 10.6 Å². The number of nitrogens with one attached hydrogen (secondary N) is 2. The van der Waals surface area contributed by atoms with Crippen LogP contribution in [0.25, 0.3) is 11.1 Å². The van der Waals surface area contributed by atoms with E-state index in [1.165, 1.54) is 5.56 Å². The van der Waals surface area contributed by atoms with E-state index in [1.54, 1.807) is 0 Å². The molecule has 1 saturated carbocycles. The molecule has 0 bridgehead atoms. The molecule has 0 atom stereocenters. The van der Waals surface area contributed by atoms with Crippen molar-refractivity contribution in [3.8, 4) is 11.1 Å². The molecule has 4 rings (SSSR count). The van der Waals surface area contributed by atoms with E-state index in [0.717, 1.165) is 29.7 Å². The van der Waals surface area contributed by atoms with Gasteiger partial charge >= 0.3 is 0 Å². The highest BCUT2D eigenvalue weighted by Gasteiger charge is 2.44. The van der Waals surface area contributed by atoms with Gasteiger partial charge in [0.1, 0.15) is 0 Å². The Bertz CT molecular complexity index is 902. The van der Waals surface area contributed by atoms with Crippen molar-refractivity contribution in [2.45, 2.75) is 18.3 Å². The molecule has 1 aliphatic rings. The number of amides is 1. The first-order chi connectivity index (χ1) is 13.3. The van der Waals surface area contributed by atoms with Crippen LogP contribution in [0.15, 0.2) is 84.9 Å². The van der Waals surface area contributed by atoms with E-state index in [-0.39, 0.29) is 17.9 Å². The van der Waals surface area contributed by atoms with Gasteiger partial charge in [-0.1, -0.05) is 78.9 Å². The van der Waals surface area contributed by atoms with Crippen molar-refractivity contribution in [2.24, 2.45) is 0 Å². The zero-order valence-electron chi connectivity index (χ0n) is 15.3. The van der Waals surface area contributed by atoms with Crippen molar-refractivity contribution in [1.82, 2.24) is 5.32 Å². The summed E-state index contributed by atoms with van der Waals surface area (Å²) in [5.74, 6) is 0.0278. The number of hydrogen-bond donors (Lipinski definition) is 2. The van der Waals surface area contributed by atoms with E-state index in [2.05, 4.69) is 53.1 Å². The van der Waals surface area contributed by atoms with Gasteiger partial charge in [0.2, 0.25) is 5.91 Å². The maximum Gasteiger partial charge on any atom is 0.239 e. The van der Waals surface area contributed by atoms with Crippen LogP contribution in [-0.2, 0) is 10.2 Å². The number of carbonyl (C=O) groups excluding carboxylic acids is 1. The predicted molar refractivity (Wildman–Crippen MR) is 111 cm³/mol. The maximum atomic E-state index is 12.4. The molecule has 0 aromatic heterocycles. The number of carbonyl (C=O) groups is 1. The molecule has 3 heteroatoms. The molecule has 1 aliphatic carbocycles. The molecule has 3 aromatic carbocycles. The Kier molecular flexibility index (Phi) is 4.93. The van der Waals surface area contributed by atoms with Crippen LogP contribution in [-0.4, -0.2) is 19.0 Å². The van der Waals surface area contributed by atoms with Gasteiger partial charge in [-0.3, -0.25) is 4.79 Å². The standard InChI is InChI=1S/C24H24N2O/c27-23(26-18-24(15-16-24)20-11-5-2-6-12-20)17-25-22-14-8-7-13-21(22)19-9-3-1-4-10-19/h1-14,25H,15-18H2,(H,26,27). The lowest BCUT2D eigenvalue weighted by atomic mass is 9.96. The molecule has 0 aliphatic heterocycles. The van der Waals surface area contributed by atoms with Crippen LogP contribution in [0.1, 0.15) is 18.4 Å². The molecule has 0 saturated heterocycles. The third-order valence-electron chi connectivity index (χ3n) is 5.31. The summed E-state index contributed by atoms with van der Waals surface area (Å²) in [4.78, 5) is 12.4. The zero-order valence-corrected chi connectivity index (χ0v) is 15.3. The number of rotatable bonds is 7. The molecule has 3 nitrogen and oxygen atoms in total. The topological polar surface area (TPSA) is 41.1 Å². The lowest BCUT2D eigenvalue weighted by Crippen LogP contribution is -2.36. The molecule has 1 amide bonds. The fourth-order valence-electron chi connectivity index (χ4n) is 3.52. The summed E-state index contributed by atoms with van der Waals surface area (Å²) in [6.45, 7) is 0.979. The Balaban J connectivity index is 1.36. The minimum absolute atomic E-state index is 0.0278. The van der Waals surface area contributed by atoms with Crippen molar-refractivity contribution in [3.05, 3.63) is 90.5 Å². The molecule has 0 radical (unpaired) electrons. The summed E-state index contributed by atoms with van der Waals surface area (Å²) < 4.78 is 0. The summed E-state index contributed by atoms with van der Waals surface area (Å²) in [5.41, 5.74) is 4.69. The summed E-state index contributed by atoms with van der Waals surface area (Å²) >= 11 is 0. The van der Waals surface area contributed by atoms with E-state index in [9.17, 15) is 4.79 Å². The average molecular weight is 356 g/mol. The first-order valence-electron chi connectivity index (χ1n) is 9.47. The van der Waals surface area contributed by atoms with Crippen molar-refractivity contribution in [3.63, 3.8) is 0 Å². The Labute approximate surface area is 160 Å². The minimum Gasteiger partial charge on any atom is -0.376 e. The molecular formula is C24H24N2O. The van der Waals surface area contributed by atoms with Crippen LogP contribution in [0.2, 0.25) is 0 Å². The number of hydrogen-bond acceptors (Lipinski definition) is 2. The SMILES string of the molecule is O=C(CNc1ccccc1-c1ccccc1)NCC1(c2ccccc2)CC1. The third kappa shape index (κ3) is 4.03. The maximum absolute atomic E-state index is 12.4. The number of para-hydroxylation sites is 1. The highest BCUT2D eigenvalue weighted by Crippen LogP contribution is 2.47. The Hall–Kier alpha value is -3.07. The molecule has 0 spiro atoms. The van der Waals surface area contributed by atoms with Crippen LogP contribution in [0.4, 0.5) is 5.69 Å². The van der Waals surface area contributed by atoms with Crippen molar-refractivity contribution < 1.29 is 4.79 Å². The minimum atomic E-state index is 0.0278. The van der Waals surface area contributed by atoms with Gasteiger partial charge in [-0.2, -0.15) is 0 Å². The van der Waals surface area contributed by atoms with Gasteiger partial charge < -0.3 is 10.6 Å². The van der Waals surface area contributed by atoms with E-state index < -0.39 is 0 Å². The lowest BCUT2D eigenvalue weighted by molar-refractivity contribution is -0.119. The van der Waals surface area contributed by atoms with E-state index >= 15 is 0 Å². The quantitative estimate of drug-likeness (QED) is 0.649. The Morgan fingerprint density at radius 1 is 0.815 bits per heavy atom. The second-order valence-electron chi connectivity index (χ2n) is 7.19. The highest BCUT2D eigenvalue weighted by atomic mass is 16.1. The van der Waals surface area contributed by atoms with Crippen molar-refractivity contribution >= 4 is 11.6 Å². The summed E-state index contributed by atoms with van der Waals surface area (Å²) in [6.07, 6.45) is 2.28. The van der Waals surface area contributed by atoms with E-state index in [0.29, 0.717) is 6.54 Å². The van der Waals surface area contributed by atoms with Gasteiger partial charge in [0.05, 0.1) is 6.54 Å². The molecule has 136 valence electrons. The molecule has 27 heavy (non-hydrogen) atoms. The molecule has 0 heterocycles. The summed E-state index contributed by atoms with van der Waals surface area (Å²) in [7, 11) is 0. The number of benzene rings is 3. The average Bonchev–Trinajstić information content (AvgIpc) is 3.53. The monoisotopic (exact) mass is 356 g/mol. The van der Waals surface area contributed by atoms with Crippen LogP contribution in [0.3, 0.4) is 0 Å². The Morgan fingerprint density at radius 3 is 2.15 bits per heavy atom. The van der Waals surface area contributed by atoms with Crippen molar-refractivity contribution in [2.75, 3.05) is 18.4 Å². The molecule has 1 fully saturated rings. The molecular weight excluding hydrogens is 332 g/mol. The van der Waals surface area contributed by atoms with Crippen molar-refractivity contribution in [1.29, 1.82) is 0 Å².